The predicted octanol–water partition coefficient (Wildman–Crippen LogP) is 2.81. The first-order valence-electron chi connectivity index (χ1n) is 8.18. The topological polar surface area (TPSA) is 53.1 Å². The van der Waals surface area contributed by atoms with Crippen molar-refractivity contribution in [3.63, 3.8) is 0 Å². The summed E-state index contributed by atoms with van der Waals surface area (Å²) in [6.07, 6.45) is 3.77. The summed E-state index contributed by atoms with van der Waals surface area (Å²) < 4.78 is 0. The second-order valence-corrected chi connectivity index (χ2v) is 6.07. The van der Waals surface area contributed by atoms with Crippen LogP contribution in [0.25, 0.3) is 0 Å². The number of rotatable bonds is 7. The van der Waals surface area contributed by atoms with Crippen LogP contribution in [0.3, 0.4) is 0 Å². The normalized spacial score (nSPS) is 17.0. The summed E-state index contributed by atoms with van der Waals surface area (Å²) in [6, 6.07) is 0.398. The smallest absolute Gasteiger partial charge is 0.135 e. The summed E-state index contributed by atoms with van der Waals surface area (Å²) in [7, 11) is 0. The monoisotopic (exact) mass is 291 g/mol. The van der Waals surface area contributed by atoms with Crippen molar-refractivity contribution in [2.45, 2.75) is 53.0 Å². The highest BCUT2D eigenvalue weighted by atomic mass is 15.2. The third-order valence-electron chi connectivity index (χ3n) is 3.91. The minimum absolute atomic E-state index is 0.398. The summed E-state index contributed by atoms with van der Waals surface area (Å²) in [4.78, 5) is 11.6. The zero-order valence-corrected chi connectivity index (χ0v) is 13.9. The van der Waals surface area contributed by atoms with Gasteiger partial charge in [0.1, 0.15) is 17.5 Å². The van der Waals surface area contributed by atoms with Crippen LogP contribution >= 0.6 is 0 Å². The molecule has 1 aliphatic heterocycles. The number of anilines is 2. The van der Waals surface area contributed by atoms with Gasteiger partial charge in [0.05, 0.1) is 0 Å². The largest absolute Gasteiger partial charge is 0.370 e. The molecule has 0 aliphatic carbocycles. The maximum absolute atomic E-state index is 4.58. The molecule has 1 aromatic rings. The van der Waals surface area contributed by atoms with Crippen molar-refractivity contribution in [2.24, 2.45) is 0 Å². The van der Waals surface area contributed by atoms with Crippen LogP contribution in [0.5, 0.6) is 0 Å². The molecule has 1 fully saturated rings. The van der Waals surface area contributed by atoms with E-state index in [1.807, 2.05) is 6.92 Å². The van der Waals surface area contributed by atoms with Crippen molar-refractivity contribution in [2.75, 3.05) is 36.8 Å². The van der Waals surface area contributed by atoms with Crippen molar-refractivity contribution < 1.29 is 0 Å². The highest BCUT2D eigenvalue weighted by Crippen LogP contribution is 2.21. The molecule has 0 aromatic carbocycles. The minimum atomic E-state index is 0.398. The van der Waals surface area contributed by atoms with Gasteiger partial charge in [0, 0.05) is 24.7 Å². The van der Waals surface area contributed by atoms with Crippen molar-refractivity contribution in [1.29, 1.82) is 0 Å². The molecule has 1 atom stereocenters. The van der Waals surface area contributed by atoms with Gasteiger partial charge in [-0.2, -0.15) is 0 Å². The van der Waals surface area contributed by atoms with E-state index in [0.29, 0.717) is 6.04 Å². The Hall–Kier alpha value is -1.36. The molecule has 2 heterocycles. The highest BCUT2D eigenvalue weighted by Gasteiger charge is 2.16. The molecule has 0 spiro atoms. The Kier molecular flexibility index (Phi) is 5.79. The molecule has 1 unspecified atom stereocenters. The number of hydrogen-bond donors (Lipinski definition) is 2. The Bertz CT molecular complexity index is 454. The third-order valence-corrected chi connectivity index (χ3v) is 3.91. The number of nitrogens with one attached hydrogen (secondary N) is 2. The number of nitrogens with zero attached hydrogens (tertiary/aromatic N) is 3. The molecule has 1 saturated heterocycles. The lowest BCUT2D eigenvalue weighted by Crippen LogP contribution is -2.33. The maximum Gasteiger partial charge on any atom is 0.135 e. The molecule has 1 aliphatic rings. The van der Waals surface area contributed by atoms with E-state index >= 15 is 0 Å². The number of aryl methyl sites for hydroxylation is 1. The van der Waals surface area contributed by atoms with Crippen LogP contribution in [0, 0.1) is 13.8 Å². The first-order valence-corrected chi connectivity index (χ1v) is 8.18. The second-order valence-electron chi connectivity index (χ2n) is 6.07. The van der Waals surface area contributed by atoms with E-state index in [0.717, 1.165) is 42.5 Å². The molecule has 21 heavy (non-hydrogen) atoms. The van der Waals surface area contributed by atoms with Gasteiger partial charge in [-0.3, -0.25) is 0 Å². The zero-order chi connectivity index (χ0) is 15.2. The third kappa shape index (κ3) is 4.56. The van der Waals surface area contributed by atoms with Crippen molar-refractivity contribution in [3.05, 3.63) is 11.4 Å². The zero-order valence-electron chi connectivity index (χ0n) is 13.9. The Morgan fingerprint density at radius 1 is 1.14 bits per heavy atom. The van der Waals surface area contributed by atoms with Gasteiger partial charge in [0.25, 0.3) is 0 Å². The van der Waals surface area contributed by atoms with Crippen LogP contribution in [0.4, 0.5) is 11.6 Å². The average molecular weight is 291 g/mol. The molecule has 118 valence electrons. The molecule has 0 amide bonds. The van der Waals surface area contributed by atoms with E-state index in [2.05, 4.69) is 46.3 Å². The van der Waals surface area contributed by atoms with E-state index < -0.39 is 0 Å². The van der Waals surface area contributed by atoms with Crippen LogP contribution in [0.1, 0.15) is 44.5 Å². The number of aromatic nitrogens is 2. The maximum atomic E-state index is 4.58. The lowest BCUT2D eigenvalue weighted by atomic mass is 10.2. The first-order chi connectivity index (χ1) is 10.1. The van der Waals surface area contributed by atoms with Gasteiger partial charge in [-0.05, 0) is 53.1 Å². The van der Waals surface area contributed by atoms with Gasteiger partial charge in [-0.25, -0.2) is 9.97 Å². The summed E-state index contributed by atoms with van der Waals surface area (Å²) >= 11 is 0. The van der Waals surface area contributed by atoms with E-state index in [9.17, 15) is 0 Å². The fraction of sp³-hybridized carbons (Fsp3) is 0.750. The molecule has 5 heteroatoms. The Labute approximate surface area is 128 Å². The van der Waals surface area contributed by atoms with Crippen molar-refractivity contribution >= 4 is 11.6 Å². The van der Waals surface area contributed by atoms with Crippen LogP contribution in [-0.2, 0) is 0 Å². The van der Waals surface area contributed by atoms with Gasteiger partial charge >= 0.3 is 0 Å². The Balaban J connectivity index is 2.02. The van der Waals surface area contributed by atoms with Crippen molar-refractivity contribution in [1.82, 2.24) is 14.9 Å². The Morgan fingerprint density at radius 2 is 1.81 bits per heavy atom. The summed E-state index contributed by atoms with van der Waals surface area (Å²) in [5, 5.41) is 6.95. The predicted molar refractivity (Wildman–Crippen MR) is 89.0 cm³/mol. The van der Waals surface area contributed by atoms with Crippen molar-refractivity contribution in [3.8, 4) is 0 Å². The number of likely N-dealkylation sites (tertiary alicyclic amines) is 1. The van der Waals surface area contributed by atoms with Gasteiger partial charge in [0.15, 0.2) is 0 Å². The highest BCUT2D eigenvalue weighted by molar-refractivity contribution is 5.57. The quantitative estimate of drug-likeness (QED) is 0.809. The van der Waals surface area contributed by atoms with Crippen LogP contribution in [0.15, 0.2) is 0 Å². The van der Waals surface area contributed by atoms with Crippen LogP contribution in [-0.4, -0.2) is 47.1 Å². The summed E-state index contributed by atoms with van der Waals surface area (Å²) in [5.74, 6) is 2.74. The van der Waals surface area contributed by atoms with Crippen LogP contribution in [0.2, 0.25) is 0 Å². The standard InChI is InChI=1S/C16H29N5/c1-5-8-17-15-13(3)16(20-14(4)19-15)18-12(2)11-21-9-6-7-10-21/h12H,5-11H2,1-4H3,(H2,17,18,19,20). The minimum Gasteiger partial charge on any atom is -0.370 e. The summed E-state index contributed by atoms with van der Waals surface area (Å²) in [6.45, 7) is 12.9. The summed E-state index contributed by atoms with van der Waals surface area (Å²) in [5.41, 5.74) is 1.11. The molecule has 0 bridgehead atoms. The molecular weight excluding hydrogens is 262 g/mol. The van der Waals surface area contributed by atoms with E-state index in [1.54, 1.807) is 0 Å². The first kappa shape index (κ1) is 16.0. The van der Waals surface area contributed by atoms with E-state index in [-0.39, 0.29) is 0 Å². The number of hydrogen-bond acceptors (Lipinski definition) is 5. The molecule has 2 N–H and O–H groups in total. The molecule has 5 nitrogen and oxygen atoms in total. The molecule has 0 saturated carbocycles. The SMILES string of the molecule is CCCNc1nc(C)nc(NC(C)CN2CCCC2)c1C. The van der Waals surface area contributed by atoms with Gasteiger partial charge < -0.3 is 15.5 Å². The lowest BCUT2D eigenvalue weighted by molar-refractivity contribution is 0.327. The van der Waals surface area contributed by atoms with Gasteiger partial charge in [-0.1, -0.05) is 6.92 Å². The van der Waals surface area contributed by atoms with E-state index in [4.69, 9.17) is 0 Å². The van der Waals surface area contributed by atoms with Gasteiger partial charge in [0.2, 0.25) is 0 Å². The van der Waals surface area contributed by atoms with Crippen LogP contribution < -0.4 is 10.6 Å². The fourth-order valence-corrected chi connectivity index (χ4v) is 2.82. The second kappa shape index (κ2) is 7.59. The lowest BCUT2D eigenvalue weighted by Gasteiger charge is -2.23. The molecule has 0 radical (unpaired) electrons. The van der Waals surface area contributed by atoms with E-state index in [1.165, 1.54) is 25.9 Å². The molecule has 2 rings (SSSR count). The van der Waals surface area contributed by atoms with Gasteiger partial charge in [-0.15, -0.1) is 0 Å². The fourth-order valence-electron chi connectivity index (χ4n) is 2.82. The molecule has 1 aromatic heterocycles. The average Bonchev–Trinajstić information content (AvgIpc) is 2.93. The Morgan fingerprint density at radius 3 is 2.48 bits per heavy atom. The molecular formula is C16H29N5.